The molecule has 0 radical (unpaired) electrons. The molecule has 0 spiro atoms. The highest BCUT2D eigenvalue weighted by Crippen LogP contribution is 2.26. The molecule has 6 nitrogen and oxygen atoms in total. The zero-order chi connectivity index (χ0) is 22.8. The first-order valence-corrected chi connectivity index (χ1v) is 11.9. The van der Waals surface area contributed by atoms with Crippen molar-refractivity contribution in [3.63, 3.8) is 0 Å². The number of halogens is 1. The van der Waals surface area contributed by atoms with Crippen LogP contribution in [-0.2, 0) is 19.6 Å². The van der Waals surface area contributed by atoms with Crippen molar-refractivity contribution >= 4 is 33.4 Å². The molecule has 0 amide bonds. The predicted molar refractivity (Wildman–Crippen MR) is 119 cm³/mol. The second kappa shape index (κ2) is 9.51. The molecule has 0 aromatic heterocycles. The summed E-state index contributed by atoms with van der Waals surface area (Å²) >= 11 is 5.83. The van der Waals surface area contributed by atoms with E-state index >= 15 is 0 Å². The Balaban J connectivity index is 1.56. The molecule has 0 atom stereocenters. The van der Waals surface area contributed by atoms with Gasteiger partial charge in [0.1, 0.15) is 0 Å². The fraction of sp³-hybridized carbons (Fsp3) is 0.391. The van der Waals surface area contributed by atoms with Gasteiger partial charge in [0.2, 0.25) is 15.8 Å². The smallest absolute Gasteiger partial charge is 0.309 e. The van der Waals surface area contributed by atoms with E-state index in [1.54, 1.807) is 0 Å². The molecule has 8 heteroatoms. The number of Topliss-reactive ketones (excluding diaryl/α,β-unsaturated/α-hetero) is 1. The molecular formula is C23H26ClNO5S. The summed E-state index contributed by atoms with van der Waals surface area (Å²) in [4.78, 5) is 25.2. The number of rotatable bonds is 6. The summed E-state index contributed by atoms with van der Waals surface area (Å²) in [6.45, 7) is 5.82. The third kappa shape index (κ3) is 5.34. The monoisotopic (exact) mass is 463 g/mol. The van der Waals surface area contributed by atoms with Gasteiger partial charge in [-0.1, -0.05) is 29.3 Å². The average Bonchev–Trinajstić information content (AvgIpc) is 2.71. The number of aryl methyl sites for hydroxylation is 3. The summed E-state index contributed by atoms with van der Waals surface area (Å²) in [5.41, 5.74) is 3.38. The van der Waals surface area contributed by atoms with E-state index in [-0.39, 0.29) is 30.4 Å². The average molecular weight is 464 g/mol. The first-order chi connectivity index (χ1) is 14.6. The van der Waals surface area contributed by atoms with Gasteiger partial charge in [-0.25, -0.2) is 8.42 Å². The molecule has 1 saturated heterocycles. The van der Waals surface area contributed by atoms with Gasteiger partial charge in [-0.3, -0.25) is 9.59 Å². The van der Waals surface area contributed by atoms with Crippen LogP contribution in [0.4, 0.5) is 0 Å². The Kier molecular flexibility index (Phi) is 7.19. The van der Waals surface area contributed by atoms with Crippen LogP contribution in [-0.4, -0.2) is 44.2 Å². The number of nitrogens with zero attached hydrogens (tertiary/aromatic N) is 1. The second-order valence-corrected chi connectivity index (χ2v) is 10.3. The fourth-order valence-corrected chi connectivity index (χ4v) is 5.63. The number of hydrogen-bond acceptors (Lipinski definition) is 5. The van der Waals surface area contributed by atoms with E-state index in [4.69, 9.17) is 16.3 Å². The molecule has 31 heavy (non-hydrogen) atoms. The maximum Gasteiger partial charge on any atom is 0.309 e. The Labute approximate surface area is 188 Å². The number of esters is 1. The molecule has 2 aromatic rings. The minimum absolute atomic E-state index is 0.173. The molecule has 3 rings (SSSR count). The lowest BCUT2D eigenvalue weighted by Crippen LogP contribution is -2.40. The van der Waals surface area contributed by atoms with E-state index in [0.717, 1.165) is 16.7 Å². The molecular weight excluding hydrogens is 438 g/mol. The summed E-state index contributed by atoms with van der Waals surface area (Å²) in [6, 6.07) is 9.87. The normalized spacial score (nSPS) is 15.6. The fourth-order valence-electron chi connectivity index (χ4n) is 4.03. The highest BCUT2D eigenvalue weighted by atomic mass is 35.5. The van der Waals surface area contributed by atoms with Crippen LogP contribution >= 0.6 is 11.6 Å². The summed E-state index contributed by atoms with van der Waals surface area (Å²) in [5.74, 6) is -1.12. The zero-order valence-electron chi connectivity index (χ0n) is 17.9. The first-order valence-electron chi connectivity index (χ1n) is 10.1. The standard InChI is InChI=1S/C23H26ClNO5S/c1-15-12-16(2)22(17(3)13-15)21(26)14-30-23(27)18-8-10-25(11-9-18)31(28,29)20-6-4-19(24)5-7-20/h4-7,12-13,18H,8-11,14H2,1-3H3. The lowest BCUT2D eigenvalue weighted by molar-refractivity contribution is -0.148. The van der Waals surface area contributed by atoms with Gasteiger partial charge in [0.05, 0.1) is 10.8 Å². The molecule has 1 aliphatic heterocycles. The van der Waals surface area contributed by atoms with Crippen LogP contribution in [0.2, 0.25) is 5.02 Å². The van der Waals surface area contributed by atoms with Gasteiger partial charge >= 0.3 is 5.97 Å². The highest BCUT2D eigenvalue weighted by Gasteiger charge is 2.33. The number of carbonyl (C=O) groups excluding carboxylic acids is 2. The second-order valence-electron chi connectivity index (χ2n) is 7.94. The van der Waals surface area contributed by atoms with Gasteiger partial charge in [-0.15, -0.1) is 0 Å². The van der Waals surface area contributed by atoms with E-state index in [0.29, 0.717) is 23.4 Å². The number of piperidine rings is 1. The van der Waals surface area contributed by atoms with Crippen LogP contribution in [0.25, 0.3) is 0 Å². The summed E-state index contributed by atoms with van der Waals surface area (Å²) in [6.07, 6.45) is 0.699. The molecule has 0 unspecified atom stereocenters. The van der Waals surface area contributed by atoms with Gasteiger partial charge in [-0.05, 0) is 69.0 Å². The molecule has 1 aliphatic rings. The van der Waals surface area contributed by atoms with Crippen molar-refractivity contribution in [3.05, 3.63) is 63.7 Å². The number of sulfonamides is 1. The van der Waals surface area contributed by atoms with Crippen molar-refractivity contribution in [2.75, 3.05) is 19.7 Å². The van der Waals surface area contributed by atoms with Gasteiger partial charge in [0, 0.05) is 23.7 Å². The summed E-state index contributed by atoms with van der Waals surface area (Å²) in [7, 11) is -3.63. The van der Waals surface area contributed by atoms with Crippen LogP contribution in [0.3, 0.4) is 0 Å². The maximum atomic E-state index is 12.8. The van der Waals surface area contributed by atoms with Crippen molar-refractivity contribution in [2.24, 2.45) is 5.92 Å². The Hall–Kier alpha value is -2.22. The molecule has 166 valence electrons. The van der Waals surface area contributed by atoms with Gasteiger partial charge in [0.15, 0.2) is 6.61 Å². The number of benzene rings is 2. The van der Waals surface area contributed by atoms with Crippen molar-refractivity contribution in [2.45, 2.75) is 38.5 Å². The van der Waals surface area contributed by atoms with Crippen LogP contribution in [0.15, 0.2) is 41.3 Å². The lowest BCUT2D eigenvalue weighted by atomic mass is 9.96. The minimum atomic E-state index is -3.63. The largest absolute Gasteiger partial charge is 0.457 e. The SMILES string of the molecule is Cc1cc(C)c(C(=O)COC(=O)C2CCN(S(=O)(=O)c3ccc(Cl)cc3)CC2)c(C)c1. The molecule has 0 saturated carbocycles. The van der Waals surface area contributed by atoms with Crippen molar-refractivity contribution in [3.8, 4) is 0 Å². The highest BCUT2D eigenvalue weighted by molar-refractivity contribution is 7.89. The number of carbonyl (C=O) groups is 2. The number of ketones is 1. The van der Waals surface area contributed by atoms with Crippen molar-refractivity contribution < 1.29 is 22.7 Å². The summed E-state index contributed by atoms with van der Waals surface area (Å²) < 4.78 is 32.2. The van der Waals surface area contributed by atoms with Gasteiger partial charge < -0.3 is 4.74 Å². The predicted octanol–water partition coefficient (Wildman–Crippen LogP) is 4.09. The van der Waals surface area contributed by atoms with E-state index in [2.05, 4.69) is 0 Å². The quantitative estimate of drug-likeness (QED) is 0.476. The van der Waals surface area contributed by atoms with E-state index in [1.165, 1.54) is 28.6 Å². The van der Waals surface area contributed by atoms with E-state index in [9.17, 15) is 18.0 Å². The molecule has 1 heterocycles. The van der Waals surface area contributed by atoms with Gasteiger partial charge in [0.25, 0.3) is 0 Å². The third-order valence-electron chi connectivity index (χ3n) is 5.54. The first kappa shape index (κ1) is 23.4. The Bertz CT molecular complexity index is 1060. The van der Waals surface area contributed by atoms with E-state index in [1.807, 2.05) is 32.9 Å². The van der Waals surface area contributed by atoms with Crippen LogP contribution in [0.5, 0.6) is 0 Å². The molecule has 0 aliphatic carbocycles. The molecule has 2 aromatic carbocycles. The Morgan fingerprint density at radius 1 is 1.03 bits per heavy atom. The Morgan fingerprint density at radius 2 is 1.58 bits per heavy atom. The summed E-state index contributed by atoms with van der Waals surface area (Å²) in [5, 5.41) is 0.464. The van der Waals surface area contributed by atoms with Crippen LogP contribution in [0.1, 0.15) is 39.9 Å². The Morgan fingerprint density at radius 3 is 2.13 bits per heavy atom. The lowest BCUT2D eigenvalue weighted by Gasteiger charge is -2.30. The molecule has 0 bridgehead atoms. The van der Waals surface area contributed by atoms with Crippen molar-refractivity contribution in [1.82, 2.24) is 4.31 Å². The topological polar surface area (TPSA) is 80.8 Å². The van der Waals surface area contributed by atoms with Crippen LogP contribution in [0, 0.1) is 26.7 Å². The van der Waals surface area contributed by atoms with Crippen molar-refractivity contribution in [1.29, 1.82) is 0 Å². The molecule has 0 N–H and O–H groups in total. The van der Waals surface area contributed by atoms with E-state index < -0.39 is 21.9 Å². The maximum absolute atomic E-state index is 12.8. The molecule has 1 fully saturated rings. The zero-order valence-corrected chi connectivity index (χ0v) is 19.4. The van der Waals surface area contributed by atoms with Gasteiger partial charge in [-0.2, -0.15) is 4.31 Å². The third-order valence-corrected chi connectivity index (χ3v) is 7.70. The number of hydrogen-bond donors (Lipinski definition) is 0. The minimum Gasteiger partial charge on any atom is -0.457 e. The van der Waals surface area contributed by atoms with Crippen LogP contribution < -0.4 is 0 Å². The number of ether oxygens (including phenoxy) is 1.